The zero-order chi connectivity index (χ0) is 25.1. The summed E-state index contributed by atoms with van der Waals surface area (Å²) in [6.07, 6.45) is 3.64. The number of nitrogens with zero attached hydrogens (tertiary/aromatic N) is 5. The number of hydroxylamine groups is 1. The fourth-order valence-electron chi connectivity index (χ4n) is 2.87. The summed E-state index contributed by atoms with van der Waals surface area (Å²) < 4.78 is 7.22. The number of aryl methyl sites for hydroxylation is 1. The van der Waals surface area contributed by atoms with Gasteiger partial charge in [0.2, 0.25) is 0 Å². The highest BCUT2D eigenvalue weighted by molar-refractivity contribution is 5.92. The summed E-state index contributed by atoms with van der Waals surface area (Å²) in [4.78, 5) is 20.0. The summed E-state index contributed by atoms with van der Waals surface area (Å²) in [7, 11) is 0. The highest BCUT2D eigenvalue weighted by Gasteiger charge is 2.28. The molecule has 1 aromatic heterocycles. The van der Waals surface area contributed by atoms with E-state index in [9.17, 15) is 15.3 Å². The van der Waals surface area contributed by atoms with Gasteiger partial charge in [0.1, 0.15) is 18.5 Å². The molecular formula is C20H37N7O6. The molecule has 13 nitrogen and oxygen atoms in total. The van der Waals surface area contributed by atoms with Gasteiger partial charge in [-0.25, -0.2) is 4.57 Å². The maximum atomic E-state index is 10.9. The molecule has 4 N–H and O–H groups in total. The fourth-order valence-corrected chi connectivity index (χ4v) is 2.87. The number of oxime groups is 2. The number of aromatic nitrogens is 2. The second kappa shape index (κ2) is 13.2. The lowest BCUT2D eigenvalue weighted by molar-refractivity contribution is -0.396. The predicted molar refractivity (Wildman–Crippen MR) is 123 cm³/mol. The minimum absolute atomic E-state index is 0.202. The molecule has 0 fully saturated rings. The van der Waals surface area contributed by atoms with Crippen LogP contribution in [0.1, 0.15) is 54.4 Å². The Kier molecular flexibility index (Phi) is 11.4. The largest absolute Gasteiger partial charge is 0.434 e. The van der Waals surface area contributed by atoms with Crippen LogP contribution in [0.25, 0.3) is 0 Å². The van der Waals surface area contributed by atoms with Gasteiger partial charge >= 0.3 is 5.95 Å². The normalized spacial score (nSPS) is 14.5. The van der Waals surface area contributed by atoms with Gasteiger partial charge in [0.05, 0.1) is 35.7 Å². The van der Waals surface area contributed by atoms with Gasteiger partial charge < -0.3 is 30.6 Å². The summed E-state index contributed by atoms with van der Waals surface area (Å²) in [6.45, 7) is 12.4. The minimum atomic E-state index is -0.718. The van der Waals surface area contributed by atoms with E-state index >= 15 is 0 Å². The molecule has 1 unspecified atom stereocenters. The van der Waals surface area contributed by atoms with Crippen molar-refractivity contribution in [3.05, 3.63) is 22.5 Å². The van der Waals surface area contributed by atoms with Crippen LogP contribution < -0.4 is 10.8 Å². The van der Waals surface area contributed by atoms with Gasteiger partial charge in [0.15, 0.2) is 0 Å². The molecule has 1 heterocycles. The molecule has 1 rings (SSSR count). The van der Waals surface area contributed by atoms with Crippen molar-refractivity contribution in [2.75, 3.05) is 19.8 Å². The maximum Gasteiger partial charge on any atom is 0.434 e. The van der Waals surface area contributed by atoms with Gasteiger partial charge in [-0.1, -0.05) is 22.2 Å². The maximum absolute atomic E-state index is 10.9. The number of nitrogens with one attached hydrogen (secondary N) is 2. The van der Waals surface area contributed by atoms with Crippen molar-refractivity contribution >= 4 is 17.4 Å². The molecule has 0 aliphatic heterocycles. The van der Waals surface area contributed by atoms with Crippen molar-refractivity contribution < 1.29 is 24.9 Å². The zero-order valence-electron chi connectivity index (χ0n) is 20.2. The second-order valence-electron chi connectivity index (χ2n) is 8.66. The van der Waals surface area contributed by atoms with Crippen LogP contribution in [0.4, 0.5) is 5.95 Å². The third-order valence-corrected chi connectivity index (χ3v) is 5.33. The number of hydrogen-bond acceptors (Lipinski definition) is 11. The lowest BCUT2D eigenvalue weighted by atomic mass is 9.96. The lowest BCUT2D eigenvalue weighted by Crippen LogP contribution is -2.53. The molecule has 0 aliphatic rings. The van der Waals surface area contributed by atoms with Crippen LogP contribution in [0.15, 0.2) is 22.7 Å². The van der Waals surface area contributed by atoms with E-state index in [4.69, 9.17) is 14.8 Å². The molecule has 0 aromatic carbocycles. The Balaban J connectivity index is 2.67. The first-order valence-electron chi connectivity index (χ1n) is 10.8. The van der Waals surface area contributed by atoms with Crippen LogP contribution in [0, 0.1) is 10.1 Å². The molecule has 0 aliphatic carbocycles. The lowest BCUT2D eigenvalue weighted by Gasteiger charge is -2.31. The molecule has 0 spiro atoms. The molecule has 0 radical (unpaired) electrons. The van der Waals surface area contributed by atoms with E-state index in [0.29, 0.717) is 44.0 Å². The first-order valence-corrected chi connectivity index (χ1v) is 10.8. The van der Waals surface area contributed by atoms with Gasteiger partial charge in [-0.05, 0) is 46.0 Å². The van der Waals surface area contributed by atoms with Gasteiger partial charge in [-0.3, -0.25) is 4.84 Å². The first-order chi connectivity index (χ1) is 15.5. The zero-order valence-corrected chi connectivity index (χ0v) is 20.2. The molecule has 188 valence electrons. The van der Waals surface area contributed by atoms with Crippen molar-refractivity contribution in [2.24, 2.45) is 10.3 Å². The van der Waals surface area contributed by atoms with Gasteiger partial charge in [-0.15, -0.1) is 0 Å². The van der Waals surface area contributed by atoms with Gasteiger partial charge in [0.25, 0.3) is 0 Å². The van der Waals surface area contributed by atoms with Crippen molar-refractivity contribution in [2.45, 2.75) is 78.1 Å². The predicted octanol–water partition coefficient (Wildman–Crippen LogP) is 2.32. The summed E-state index contributed by atoms with van der Waals surface area (Å²) in [5.41, 5.74) is 2.66. The Morgan fingerprint density at radius 1 is 1.30 bits per heavy atom. The SMILES string of the molecule is CCC(=NO)C(C)(C)NCC(COCCCn1ccnc1[N+](=O)[O-])ONC(C)(C)C(C)=NO. The van der Waals surface area contributed by atoms with E-state index in [1.165, 1.54) is 10.8 Å². The molecule has 0 amide bonds. The minimum Gasteiger partial charge on any atom is -0.411 e. The van der Waals surface area contributed by atoms with Crippen LogP contribution in [0.3, 0.4) is 0 Å². The van der Waals surface area contributed by atoms with Crippen molar-refractivity contribution in [3.63, 3.8) is 0 Å². The Bertz CT molecular complexity index is 807. The average molecular weight is 472 g/mol. The quantitative estimate of drug-likeness (QED) is 0.0929. The highest BCUT2D eigenvalue weighted by Crippen LogP contribution is 2.11. The molecule has 0 bridgehead atoms. The highest BCUT2D eigenvalue weighted by atomic mass is 16.7. The van der Waals surface area contributed by atoms with Crippen LogP contribution in [0.5, 0.6) is 0 Å². The van der Waals surface area contributed by atoms with Crippen molar-refractivity contribution in [1.29, 1.82) is 0 Å². The van der Waals surface area contributed by atoms with E-state index in [1.54, 1.807) is 13.1 Å². The summed E-state index contributed by atoms with van der Waals surface area (Å²) in [5, 5.41) is 39.2. The molecule has 0 saturated carbocycles. The summed E-state index contributed by atoms with van der Waals surface area (Å²) in [5.74, 6) is -0.202. The van der Waals surface area contributed by atoms with Gasteiger partial charge in [-0.2, -0.15) is 5.48 Å². The van der Waals surface area contributed by atoms with Crippen LogP contribution in [-0.4, -0.2) is 73.3 Å². The first kappa shape index (κ1) is 28.4. The number of ether oxygens (including phenoxy) is 1. The van der Waals surface area contributed by atoms with E-state index in [1.807, 2.05) is 34.6 Å². The monoisotopic (exact) mass is 471 g/mol. The van der Waals surface area contributed by atoms with Crippen molar-refractivity contribution in [3.8, 4) is 0 Å². The third-order valence-electron chi connectivity index (χ3n) is 5.33. The number of nitro groups is 1. The molecule has 0 saturated heterocycles. The van der Waals surface area contributed by atoms with Crippen LogP contribution in [0.2, 0.25) is 0 Å². The average Bonchev–Trinajstić information content (AvgIpc) is 3.23. The van der Waals surface area contributed by atoms with E-state index in [-0.39, 0.29) is 12.6 Å². The van der Waals surface area contributed by atoms with E-state index < -0.39 is 22.1 Å². The van der Waals surface area contributed by atoms with Gasteiger partial charge in [0, 0.05) is 19.6 Å². The summed E-state index contributed by atoms with van der Waals surface area (Å²) >= 11 is 0. The number of imidazole rings is 1. The van der Waals surface area contributed by atoms with E-state index in [0.717, 1.165) is 0 Å². The smallest absolute Gasteiger partial charge is 0.411 e. The Labute approximate surface area is 193 Å². The molecule has 33 heavy (non-hydrogen) atoms. The Hall–Kier alpha value is -2.61. The molecule has 1 atom stereocenters. The molecule has 13 heteroatoms. The third kappa shape index (κ3) is 9.04. The standard InChI is InChI=1S/C20H37N7O6/c1-7-17(24-29)20(5,6)22-13-16(33-25-19(3,4)15(2)23-28)14-32-12-8-10-26-11-9-21-18(26)27(30)31/h9,11,16,22,25,28-29H,7-8,10,12-14H2,1-6H3. The number of rotatable bonds is 16. The Morgan fingerprint density at radius 2 is 2.00 bits per heavy atom. The second-order valence-corrected chi connectivity index (χ2v) is 8.66. The molecular weight excluding hydrogens is 434 g/mol. The van der Waals surface area contributed by atoms with E-state index in [2.05, 4.69) is 26.1 Å². The van der Waals surface area contributed by atoms with Crippen LogP contribution in [-0.2, 0) is 16.1 Å². The van der Waals surface area contributed by atoms with Crippen LogP contribution >= 0.6 is 0 Å². The topological polar surface area (TPSA) is 169 Å². The Morgan fingerprint density at radius 3 is 2.58 bits per heavy atom. The fraction of sp³-hybridized carbons (Fsp3) is 0.750. The summed E-state index contributed by atoms with van der Waals surface area (Å²) in [6, 6.07) is 0. The number of hydrogen-bond donors (Lipinski definition) is 4. The van der Waals surface area contributed by atoms with Crippen molar-refractivity contribution in [1.82, 2.24) is 20.3 Å². The molecule has 1 aromatic rings.